The van der Waals surface area contributed by atoms with Gasteiger partial charge in [-0.3, -0.25) is 0 Å². The fourth-order valence-corrected chi connectivity index (χ4v) is 5.26. The van der Waals surface area contributed by atoms with Gasteiger partial charge in [-0.25, -0.2) is 32.5 Å². The Morgan fingerprint density at radius 1 is 1.08 bits per heavy atom. The van der Waals surface area contributed by atoms with Crippen molar-refractivity contribution < 1.29 is 32.5 Å². The lowest BCUT2D eigenvalue weighted by Crippen LogP contribution is -2.60. The van der Waals surface area contributed by atoms with Gasteiger partial charge in [-0.1, -0.05) is 0 Å². The van der Waals surface area contributed by atoms with Crippen LogP contribution in [0.5, 0.6) is 5.75 Å². The average Bonchev–Trinajstić information content (AvgIpc) is 3.35. The highest BCUT2D eigenvalue weighted by atomic mass is 19.2. The van der Waals surface area contributed by atoms with E-state index in [1.165, 1.54) is 24.7 Å². The number of fused-ring (bicyclic) bond motifs is 3. The third-order valence-corrected chi connectivity index (χ3v) is 6.89. The number of hydrogen-bond donors (Lipinski definition) is 2. The van der Waals surface area contributed by atoms with Gasteiger partial charge in [-0.15, -0.1) is 0 Å². The van der Waals surface area contributed by atoms with E-state index >= 15 is 4.39 Å². The number of halogens is 4. The van der Waals surface area contributed by atoms with E-state index in [4.69, 9.17) is 4.74 Å². The van der Waals surface area contributed by atoms with E-state index in [1.54, 1.807) is 16.2 Å². The first-order valence-electron chi connectivity index (χ1n) is 12.0. The lowest BCUT2D eigenvalue weighted by atomic mass is 9.95. The summed E-state index contributed by atoms with van der Waals surface area (Å²) < 4.78 is 63.8. The Hall–Kier alpha value is -3.77. The standard InChI is InChI=1S/C26H23F4N5O3/c1-12(27)38-21-5-19(30)18(29)3-14(21)15-4-20(36)23-24(15)35-9-16(17(28)6-22(35)33-23)13-7-31-25(32-8-13)34-10-26(2,37)11-34/h3,5-9,12,15,20,36-37H,4,10-11H2,1-2H3. The van der Waals surface area contributed by atoms with Crippen LogP contribution in [0.4, 0.5) is 23.5 Å². The van der Waals surface area contributed by atoms with Crippen LogP contribution < -0.4 is 9.64 Å². The molecule has 3 unspecified atom stereocenters. The van der Waals surface area contributed by atoms with E-state index in [9.17, 15) is 23.4 Å². The minimum Gasteiger partial charge on any atom is -0.460 e. The second-order valence-corrected chi connectivity index (χ2v) is 10.0. The Kier molecular flexibility index (Phi) is 5.58. The van der Waals surface area contributed by atoms with Gasteiger partial charge in [0, 0.05) is 60.3 Å². The molecule has 38 heavy (non-hydrogen) atoms. The number of anilines is 1. The van der Waals surface area contributed by atoms with Crippen molar-refractivity contribution in [2.75, 3.05) is 18.0 Å². The van der Waals surface area contributed by atoms with Gasteiger partial charge in [-0.05, 0) is 19.4 Å². The predicted molar refractivity (Wildman–Crippen MR) is 128 cm³/mol. The molecule has 0 amide bonds. The highest BCUT2D eigenvalue weighted by Crippen LogP contribution is 2.47. The van der Waals surface area contributed by atoms with Gasteiger partial charge >= 0.3 is 0 Å². The molecule has 0 bridgehead atoms. The first kappa shape index (κ1) is 24.6. The number of benzene rings is 1. The molecule has 0 saturated carbocycles. The fraction of sp³-hybridized carbons (Fsp3) is 0.346. The molecular weight excluding hydrogens is 506 g/mol. The van der Waals surface area contributed by atoms with Gasteiger partial charge in [0.1, 0.15) is 17.2 Å². The van der Waals surface area contributed by atoms with E-state index in [0.717, 1.165) is 19.1 Å². The van der Waals surface area contributed by atoms with Gasteiger partial charge in [0.25, 0.3) is 0 Å². The predicted octanol–water partition coefficient (Wildman–Crippen LogP) is 4.04. The van der Waals surface area contributed by atoms with Crippen LogP contribution in [0.2, 0.25) is 0 Å². The number of rotatable bonds is 5. The SMILES string of the molecule is CC(F)Oc1cc(F)c(F)cc1C1CC(O)c2nc3cc(F)c(-c4cnc(N5CC(C)(O)C5)nc4)cn3c21. The summed E-state index contributed by atoms with van der Waals surface area (Å²) in [5.74, 6) is -3.48. The summed E-state index contributed by atoms with van der Waals surface area (Å²) in [6.45, 7) is 3.59. The van der Waals surface area contributed by atoms with E-state index in [2.05, 4.69) is 15.0 Å². The van der Waals surface area contributed by atoms with Crippen molar-refractivity contribution in [1.29, 1.82) is 0 Å². The molecule has 4 aromatic rings. The molecule has 3 atom stereocenters. The summed E-state index contributed by atoms with van der Waals surface area (Å²) >= 11 is 0. The molecule has 1 aliphatic heterocycles. The average molecular weight is 529 g/mol. The number of aliphatic hydroxyl groups excluding tert-OH is 1. The van der Waals surface area contributed by atoms with E-state index in [0.29, 0.717) is 30.3 Å². The molecule has 4 heterocycles. The summed E-state index contributed by atoms with van der Waals surface area (Å²) in [5, 5.41) is 20.7. The molecule has 2 N–H and O–H groups in total. The molecular formula is C26H23F4N5O3. The van der Waals surface area contributed by atoms with Crippen LogP contribution in [-0.2, 0) is 0 Å². The van der Waals surface area contributed by atoms with Crippen molar-refractivity contribution in [3.8, 4) is 16.9 Å². The van der Waals surface area contributed by atoms with Crippen LogP contribution in [-0.4, -0.2) is 54.6 Å². The lowest BCUT2D eigenvalue weighted by Gasteiger charge is -2.44. The van der Waals surface area contributed by atoms with E-state index < -0.39 is 41.4 Å². The smallest absolute Gasteiger partial charge is 0.235 e. The summed E-state index contributed by atoms with van der Waals surface area (Å²) in [7, 11) is 0. The zero-order chi connectivity index (χ0) is 26.9. The summed E-state index contributed by atoms with van der Waals surface area (Å²) in [4.78, 5) is 14.8. The van der Waals surface area contributed by atoms with Crippen LogP contribution in [0, 0.1) is 17.5 Å². The van der Waals surface area contributed by atoms with Crippen molar-refractivity contribution in [2.24, 2.45) is 0 Å². The molecule has 3 aromatic heterocycles. The number of hydrogen-bond acceptors (Lipinski definition) is 7. The number of alkyl halides is 1. The minimum atomic E-state index is -1.79. The topological polar surface area (TPSA) is 96.0 Å². The van der Waals surface area contributed by atoms with Crippen molar-refractivity contribution in [2.45, 2.75) is 44.2 Å². The second kappa shape index (κ2) is 8.63. The molecule has 2 aliphatic rings. The Morgan fingerprint density at radius 2 is 1.76 bits per heavy atom. The third kappa shape index (κ3) is 4.04. The van der Waals surface area contributed by atoms with Crippen molar-refractivity contribution >= 4 is 11.6 Å². The van der Waals surface area contributed by atoms with E-state index in [-0.39, 0.29) is 34.6 Å². The molecule has 6 rings (SSSR count). The maximum Gasteiger partial charge on any atom is 0.235 e. The van der Waals surface area contributed by atoms with Gasteiger partial charge < -0.3 is 24.3 Å². The Morgan fingerprint density at radius 3 is 2.42 bits per heavy atom. The molecule has 1 aliphatic carbocycles. The van der Waals surface area contributed by atoms with Crippen LogP contribution in [0.3, 0.4) is 0 Å². The number of aliphatic hydroxyl groups is 2. The largest absolute Gasteiger partial charge is 0.460 e. The lowest BCUT2D eigenvalue weighted by molar-refractivity contribution is 0.0300. The molecule has 198 valence electrons. The Labute approximate surface area is 214 Å². The van der Waals surface area contributed by atoms with E-state index in [1.807, 2.05) is 0 Å². The summed E-state index contributed by atoms with van der Waals surface area (Å²) in [6, 6.07) is 2.89. The quantitative estimate of drug-likeness (QED) is 0.377. The molecule has 0 spiro atoms. The molecule has 1 fully saturated rings. The maximum absolute atomic E-state index is 15.2. The van der Waals surface area contributed by atoms with Crippen LogP contribution in [0.1, 0.15) is 49.2 Å². The maximum atomic E-state index is 15.2. The monoisotopic (exact) mass is 529 g/mol. The minimum absolute atomic E-state index is 0.0623. The summed E-state index contributed by atoms with van der Waals surface area (Å²) in [6.07, 6.45) is 1.61. The number of pyridine rings is 1. The summed E-state index contributed by atoms with van der Waals surface area (Å²) in [5.41, 5.74) is 0.743. The molecule has 1 saturated heterocycles. The zero-order valence-electron chi connectivity index (χ0n) is 20.4. The van der Waals surface area contributed by atoms with Crippen molar-refractivity contribution in [3.05, 3.63) is 71.2 Å². The van der Waals surface area contributed by atoms with Crippen LogP contribution in [0.25, 0.3) is 16.8 Å². The van der Waals surface area contributed by atoms with Gasteiger partial charge in [0.2, 0.25) is 12.3 Å². The number of aromatic nitrogens is 4. The second-order valence-electron chi connectivity index (χ2n) is 10.0. The zero-order valence-corrected chi connectivity index (χ0v) is 20.4. The number of β-amino-alcohol motifs (C(OH)–C–C–N with tert-alkyl or cyclic N) is 1. The fourth-order valence-electron chi connectivity index (χ4n) is 5.26. The highest BCUT2D eigenvalue weighted by molar-refractivity contribution is 5.66. The Balaban J connectivity index is 1.43. The molecule has 12 heteroatoms. The number of nitrogens with zero attached hydrogens (tertiary/aromatic N) is 5. The third-order valence-electron chi connectivity index (χ3n) is 6.89. The Bertz CT molecular complexity index is 1550. The number of ether oxygens (including phenoxy) is 1. The first-order chi connectivity index (χ1) is 18.0. The highest BCUT2D eigenvalue weighted by Gasteiger charge is 2.39. The molecule has 8 nitrogen and oxygen atoms in total. The molecule has 0 radical (unpaired) electrons. The molecule has 1 aromatic carbocycles. The van der Waals surface area contributed by atoms with Crippen molar-refractivity contribution in [3.63, 3.8) is 0 Å². The van der Waals surface area contributed by atoms with Crippen LogP contribution >= 0.6 is 0 Å². The van der Waals surface area contributed by atoms with Gasteiger partial charge in [-0.2, -0.15) is 0 Å². The van der Waals surface area contributed by atoms with Crippen LogP contribution in [0.15, 0.2) is 36.8 Å². The van der Waals surface area contributed by atoms with Crippen molar-refractivity contribution in [1.82, 2.24) is 19.4 Å². The van der Waals surface area contributed by atoms with Gasteiger partial charge in [0.05, 0.1) is 36.2 Å². The van der Waals surface area contributed by atoms with Gasteiger partial charge in [0.15, 0.2) is 11.6 Å². The first-order valence-corrected chi connectivity index (χ1v) is 12.0. The number of imidazole rings is 1. The normalized spacial score (nSPS) is 20.9.